The smallest absolute Gasteiger partial charge is 0.265 e. The summed E-state index contributed by atoms with van der Waals surface area (Å²) in [4.78, 5) is 23.7. The number of primary amides is 1. The highest BCUT2D eigenvalue weighted by Crippen LogP contribution is 2.26. The Morgan fingerprint density at radius 3 is 2.21 bits per heavy atom. The fraction of sp³-hybridized carbons (Fsp3) is 0.333. The van der Waals surface area contributed by atoms with E-state index in [2.05, 4.69) is 5.32 Å². The second-order valence-electron chi connectivity index (χ2n) is 6.86. The zero-order valence-electron chi connectivity index (χ0n) is 15.6. The molecule has 29 heavy (non-hydrogen) atoms. The van der Waals surface area contributed by atoms with Crippen LogP contribution in [0.3, 0.4) is 0 Å². The van der Waals surface area contributed by atoms with E-state index in [-0.39, 0.29) is 42.2 Å². The van der Waals surface area contributed by atoms with Crippen molar-refractivity contribution in [1.82, 2.24) is 8.87 Å². The third kappa shape index (κ3) is 4.46. The number of nitrogens with two attached hydrogens (primary N) is 1. The molecule has 0 spiro atoms. The van der Waals surface area contributed by atoms with E-state index in [0.29, 0.717) is 6.07 Å². The minimum absolute atomic E-state index is 0.00539. The SMILES string of the molecule is Cn1cc(S(=O)(=O)N2CCC(C(=O)Nc3cc(F)cc(F)c3)CC2)cc1C(N)=O. The lowest BCUT2D eigenvalue weighted by molar-refractivity contribution is -0.120. The molecule has 1 saturated heterocycles. The Labute approximate surface area is 166 Å². The molecule has 2 aromatic rings. The minimum atomic E-state index is -3.84. The molecule has 3 N–H and O–H groups in total. The summed E-state index contributed by atoms with van der Waals surface area (Å²) in [6, 6.07) is 3.93. The minimum Gasteiger partial charge on any atom is -0.364 e. The molecule has 0 aliphatic carbocycles. The van der Waals surface area contributed by atoms with Crippen molar-refractivity contribution in [3.8, 4) is 0 Å². The lowest BCUT2D eigenvalue weighted by Gasteiger charge is -2.30. The molecular weight excluding hydrogens is 406 g/mol. The van der Waals surface area contributed by atoms with E-state index in [0.717, 1.165) is 12.1 Å². The van der Waals surface area contributed by atoms with E-state index < -0.39 is 39.4 Å². The van der Waals surface area contributed by atoms with E-state index in [9.17, 15) is 26.8 Å². The third-order valence-corrected chi connectivity index (χ3v) is 6.69. The van der Waals surface area contributed by atoms with Crippen LogP contribution in [0.2, 0.25) is 0 Å². The van der Waals surface area contributed by atoms with Gasteiger partial charge in [-0.3, -0.25) is 9.59 Å². The molecule has 0 bridgehead atoms. The molecule has 1 aromatic carbocycles. The molecule has 2 heterocycles. The predicted molar refractivity (Wildman–Crippen MR) is 100 cm³/mol. The average molecular weight is 426 g/mol. The van der Waals surface area contributed by atoms with Gasteiger partial charge in [-0.25, -0.2) is 17.2 Å². The molecule has 0 atom stereocenters. The van der Waals surface area contributed by atoms with Crippen LogP contribution in [0.5, 0.6) is 0 Å². The average Bonchev–Trinajstić information content (AvgIpc) is 3.04. The molecule has 1 aliphatic heterocycles. The van der Waals surface area contributed by atoms with Crippen molar-refractivity contribution < 1.29 is 26.8 Å². The zero-order valence-corrected chi connectivity index (χ0v) is 16.4. The van der Waals surface area contributed by atoms with Crippen molar-refractivity contribution in [1.29, 1.82) is 0 Å². The summed E-state index contributed by atoms with van der Waals surface area (Å²) in [6.07, 6.45) is 1.81. The molecule has 0 radical (unpaired) electrons. The topological polar surface area (TPSA) is 114 Å². The second kappa shape index (κ2) is 7.91. The molecule has 11 heteroatoms. The molecular formula is C18H20F2N4O4S. The van der Waals surface area contributed by atoms with Crippen LogP contribution in [-0.2, 0) is 21.9 Å². The second-order valence-corrected chi connectivity index (χ2v) is 8.80. The number of hydrogen-bond acceptors (Lipinski definition) is 4. The van der Waals surface area contributed by atoms with Gasteiger partial charge in [-0.15, -0.1) is 0 Å². The van der Waals surface area contributed by atoms with Gasteiger partial charge in [0.2, 0.25) is 15.9 Å². The monoisotopic (exact) mass is 426 g/mol. The van der Waals surface area contributed by atoms with Crippen molar-refractivity contribution in [2.24, 2.45) is 18.7 Å². The molecule has 0 unspecified atom stereocenters. The molecule has 1 aromatic heterocycles. The van der Waals surface area contributed by atoms with Gasteiger partial charge >= 0.3 is 0 Å². The van der Waals surface area contributed by atoms with Crippen molar-refractivity contribution in [3.05, 3.63) is 47.8 Å². The number of anilines is 1. The van der Waals surface area contributed by atoms with Gasteiger partial charge in [-0.2, -0.15) is 4.31 Å². The number of halogens is 2. The lowest BCUT2D eigenvalue weighted by atomic mass is 9.97. The van der Waals surface area contributed by atoms with E-state index in [1.54, 1.807) is 0 Å². The molecule has 156 valence electrons. The molecule has 3 rings (SSSR count). The number of nitrogens with zero attached hydrogens (tertiary/aromatic N) is 2. The van der Waals surface area contributed by atoms with Crippen LogP contribution in [0.4, 0.5) is 14.5 Å². The van der Waals surface area contributed by atoms with Gasteiger partial charge in [-0.05, 0) is 31.0 Å². The first-order valence-corrected chi connectivity index (χ1v) is 10.2. The van der Waals surface area contributed by atoms with Gasteiger partial charge in [0.05, 0.1) is 0 Å². The maximum atomic E-state index is 13.2. The van der Waals surface area contributed by atoms with Gasteiger partial charge in [0.15, 0.2) is 0 Å². The number of nitrogens with one attached hydrogen (secondary N) is 1. The molecule has 1 fully saturated rings. The van der Waals surface area contributed by atoms with E-state index >= 15 is 0 Å². The number of hydrogen-bond donors (Lipinski definition) is 2. The maximum absolute atomic E-state index is 13.2. The van der Waals surface area contributed by atoms with Crippen LogP contribution >= 0.6 is 0 Å². The highest BCUT2D eigenvalue weighted by molar-refractivity contribution is 7.89. The zero-order chi connectivity index (χ0) is 21.3. The van der Waals surface area contributed by atoms with Gasteiger partial charge in [-0.1, -0.05) is 0 Å². The standard InChI is InChI=1S/C18H20F2N4O4S/c1-23-10-15(9-16(23)17(21)25)29(27,28)24-4-2-11(3-5-24)18(26)22-14-7-12(19)6-13(20)8-14/h6-11H,2-5H2,1H3,(H2,21,25)(H,22,26). The molecule has 8 nitrogen and oxygen atoms in total. The first-order valence-electron chi connectivity index (χ1n) is 8.81. The van der Waals surface area contributed by atoms with Gasteiger partial charge in [0, 0.05) is 44.0 Å². The summed E-state index contributed by atoms with van der Waals surface area (Å²) < 4.78 is 54.7. The number of aryl methyl sites for hydroxylation is 1. The summed E-state index contributed by atoms with van der Waals surface area (Å²) >= 11 is 0. The number of carbonyl (C=O) groups excluding carboxylic acids is 2. The van der Waals surface area contributed by atoms with Crippen molar-refractivity contribution in [3.63, 3.8) is 0 Å². The number of amides is 2. The van der Waals surface area contributed by atoms with Crippen molar-refractivity contribution >= 4 is 27.5 Å². The highest BCUT2D eigenvalue weighted by Gasteiger charge is 2.33. The van der Waals surface area contributed by atoms with E-state index in [1.807, 2.05) is 0 Å². The Hall–Kier alpha value is -2.79. The Balaban J connectivity index is 1.65. The van der Waals surface area contributed by atoms with Crippen LogP contribution in [0.25, 0.3) is 0 Å². The largest absolute Gasteiger partial charge is 0.364 e. The van der Waals surface area contributed by atoms with Crippen molar-refractivity contribution in [2.45, 2.75) is 17.7 Å². The first-order chi connectivity index (χ1) is 13.6. The first kappa shape index (κ1) is 20.9. The van der Waals surface area contributed by atoms with E-state index in [4.69, 9.17) is 5.73 Å². The number of carbonyl (C=O) groups is 2. The Morgan fingerprint density at radius 2 is 1.69 bits per heavy atom. The van der Waals surface area contributed by atoms with Gasteiger partial charge in [0.25, 0.3) is 5.91 Å². The van der Waals surface area contributed by atoms with Crippen LogP contribution < -0.4 is 11.1 Å². The Morgan fingerprint density at radius 1 is 1.10 bits per heavy atom. The summed E-state index contributed by atoms with van der Waals surface area (Å²) in [7, 11) is -2.32. The fourth-order valence-electron chi connectivity index (χ4n) is 3.30. The van der Waals surface area contributed by atoms with E-state index in [1.165, 1.54) is 28.2 Å². The van der Waals surface area contributed by atoms with Crippen molar-refractivity contribution in [2.75, 3.05) is 18.4 Å². The quantitative estimate of drug-likeness (QED) is 0.753. The Bertz CT molecular complexity index is 1040. The summed E-state index contributed by atoms with van der Waals surface area (Å²) in [5, 5.41) is 2.46. The number of aromatic nitrogens is 1. The number of sulfonamides is 1. The molecule has 1 aliphatic rings. The maximum Gasteiger partial charge on any atom is 0.265 e. The van der Waals surface area contributed by atoms with Crippen LogP contribution in [0, 0.1) is 17.6 Å². The van der Waals surface area contributed by atoms with Crippen LogP contribution in [0.1, 0.15) is 23.3 Å². The normalized spacial score (nSPS) is 16.0. The third-order valence-electron chi connectivity index (χ3n) is 4.82. The summed E-state index contributed by atoms with van der Waals surface area (Å²) in [5.41, 5.74) is 5.30. The van der Waals surface area contributed by atoms with Gasteiger partial charge in [0.1, 0.15) is 22.2 Å². The summed E-state index contributed by atoms with van der Waals surface area (Å²) in [5.74, 6) is -3.27. The fourth-order valence-corrected chi connectivity index (χ4v) is 4.84. The predicted octanol–water partition coefficient (Wildman–Crippen LogP) is 1.44. The number of rotatable bonds is 5. The molecule has 2 amide bonds. The van der Waals surface area contributed by atoms with Crippen LogP contribution in [-0.4, -0.2) is 42.2 Å². The lowest BCUT2D eigenvalue weighted by Crippen LogP contribution is -2.41. The highest BCUT2D eigenvalue weighted by atomic mass is 32.2. The van der Waals surface area contributed by atoms with Crippen LogP contribution in [0.15, 0.2) is 35.4 Å². The number of piperidine rings is 1. The molecule has 0 saturated carbocycles. The van der Waals surface area contributed by atoms with Gasteiger partial charge < -0.3 is 15.6 Å². The summed E-state index contributed by atoms with van der Waals surface area (Å²) in [6.45, 7) is 0.192. The Kier molecular flexibility index (Phi) is 5.71. The number of benzene rings is 1.